The lowest BCUT2D eigenvalue weighted by molar-refractivity contribution is 0.270. The van der Waals surface area contributed by atoms with E-state index in [-0.39, 0.29) is 0 Å². The van der Waals surface area contributed by atoms with Gasteiger partial charge in [-0.05, 0) is 45.7 Å². The number of aliphatic imine (C=N–C) groups is 1. The number of nitrogens with one attached hydrogen (secondary N) is 1. The highest BCUT2D eigenvalue weighted by atomic mass is 32.2. The van der Waals surface area contributed by atoms with E-state index in [0.29, 0.717) is 6.04 Å². The molecule has 0 radical (unpaired) electrons. The van der Waals surface area contributed by atoms with Crippen molar-refractivity contribution in [2.75, 3.05) is 46.0 Å². The minimum atomic E-state index is 0.605. The number of hydrogen-bond donors (Lipinski definition) is 1. The van der Waals surface area contributed by atoms with Crippen LogP contribution in [0.4, 0.5) is 0 Å². The number of hydrogen-bond acceptors (Lipinski definition) is 3. The highest BCUT2D eigenvalue weighted by molar-refractivity contribution is 8.00. The van der Waals surface area contributed by atoms with Gasteiger partial charge in [-0.25, -0.2) is 0 Å². The molecule has 0 aromatic rings. The Bertz CT molecular complexity index is 364. The van der Waals surface area contributed by atoms with Gasteiger partial charge in [0, 0.05) is 36.7 Å². The quantitative estimate of drug-likeness (QED) is 0.600. The van der Waals surface area contributed by atoms with Gasteiger partial charge in [-0.15, -0.1) is 0 Å². The van der Waals surface area contributed by atoms with E-state index in [4.69, 9.17) is 4.99 Å². The molecule has 4 nitrogen and oxygen atoms in total. The van der Waals surface area contributed by atoms with Gasteiger partial charge in [-0.2, -0.15) is 11.8 Å². The summed E-state index contributed by atoms with van der Waals surface area (Å²) < 4.78 is 0. The summed E-state index contributed by atoms with van der Waals surface area (Å²) in [4.78, 5) is 9.83. The van der Waals surface area contributed by atoms with Gasteiger partial charge in [-0.1, -0.05) is 13.8 Å². The zero-order valence-corrected chi connectivity index (χ0v) is 15.8. The Kier molecular flexibility index (Phi) is 6.87. The molecule has 1 aliphatic heterocycles. The van der Waals surface area contributed by atoms with Gasteiger partial charge < -0.3 is 15.1 Å². The second kappa shape index (κ2) is 8.44. The summed E-state index contributed by atoms with van der Waals surface area (Å²) in [6.45, 7) is 11.0. The van der Waals surface area contributed by atoms with Crippen molar-refractivity contribution in [2.45, 2.75) is 44.9 Å². The van der Waals surface area contributed by atoms with Crippen LogP contribution in [0.5, 0.6) is 0 Å². The fourth-order valence-corrected chi connectivity index (χ4v) is 4.39. The van der Waals surface area contributed by atoms with Gasteiger partial charge in [0.05, 0.1) is 6.54 Å². The maximum atomic E-state index is 4.99. The Balaban J connectivity index is 1.99. The van der Waals surface area contributed by atoms with E-state index in [2.05, 4.69) is 61.7 Å². The van der Waals surface area contributed by atoms with Crippen LogP contribution < -0.4 is 5.32 Å². The average Bonchev–Trinajstić information content (AvgIpc) is 3.31. The SMILES string of the molecule is CCNC(=NCC(C1CC1)N(C)C)N1CCSC(C(C)C)C1. The van der Waals surface area contributed by atoms with Crippen LogP contribution in [0.3, 0.4) is 0 Å². The number of thioether (sulfide) groups is 1. The summed E-state index contributed by atoms with van der Waals surface area (Å²) in [5.41, 5.74) is 0. The van der Waals surface area contributed by atoms with Crippen LogP contribution in [0.15, 0.2) is 4.99 Å². The normalized spacial score (nSPS) is 25.0. The molecule has 1 saturated carbocycles. The molecule has 2 unspecified atom stereocenters. The van der Waals surface area contributed by atoms with Crippen LogP contribution in [-0.4, -0.2) is 73.1 Å². The zero-order valence-electron chi connectivity index (χ0n) is 15.0. The maximum absolute atomic E-state index is 4.99. The third kappa shape index (κ3) is 5.05. The van der Waals surface area contributed by atoms with E-state index in [1.165, 1.54) is 18.6 Å². The molecule has 1 heterocycles. The van der Waals surface area contributed by atoms with E-state index in [1.807, 2.05) is 0 Å². The van der Waals surface area contributed by atoms with Gasteiger partial charge in [-0.3, -0.25) is 4.99 Å². The van der Waals surface area contributed by atoms with Crippen molar-refractivity contribution in [2.24, 2.45) is 16.8 Å². The predicted molar refractivity (Wildman–Crippen MR) is 98.8 cm³/mol. The molecule has 1 saturated heterocycles. The lowest BCUT2D eigenvalue weighted by Crippen LogP contribution is -2.49. The molecule has 0 aromatic carbocycles. The Labute approximate surface area is 141 Å². The Morgan fingerprint density at radius 1 is 1.36 bits per heavy atom. The molecular weight excluding hydrogens is 292 g/mol. The van der Waals surface area contributed by atoms with Crippen LogP contribution in [0.25, 0.3) is 0 Å². The van der Waals surface area contributed by atoms with Crippen molar-refractivity contribution in [3.8, 4) is 0 Å². The first kappa shape index (κ1) is 17.9. The van der Waals surface area contributed by atoms with Gasteiger partial charge in [0.25, 0.3) is 0 Å². The third-order valence-corrected chi connectivity index (χ3v) is 6.27. The number of guanidine groups is 1. The molecule has 2 fully saturated rings. The van der Waals surface area contributed by atoms with Gasteiger partial charge >= 0.3 is 0 Å². The molecule has 0 aromatic heterocycles. The molecule has 128 valence electrons. The third-order valence-electron chi connectivity index (χ3n) is 4.73. The minimum Gasteiger partial charge on any atom is -0.357 e. The summed E-state index contributed by atoms with van der Waals surface area (Å²) in [6, 6.07) is 0.605. The summed E-state index contributed by atoms with van der Waals surface area (Å²) in [6.07, 6.45) is 2.76. The lowest BCUT2D eigenvalue weighted by Gasteiger charge is -2.36. The first-order valence-corrected chi connectivity index (χ1v) is 9.89. The van der Waals surface area contributed by atoms with E-state index in [0.717, 1.165) is 49.2 Å². The Morgan fingerprint density at radius 2 is 2.09 bits per heavy atom. The molecule has 1 aliphatic carbocycles. The van der Waals surface area contributed by atoms with Crippen LogP contribution in [0, 0.1) is 11.8 Å². The second-order valence-corrected chi connectivity index (χ2v) is 8.51. The van der Waals surface area contributed by atoms with Crippen LogP contribution >= 0.6 is 11.8 Å². The zero-order chi connectivity index (χ0) is 16.1. The van der Waals surface area contributed by atoms with Gasteiger partial charge in [0.2, 0.25) is 0 Å². The van der Waals surface area contributed by atoms with Crippen molar-refractivity contribution >= 4 is 17.7 Å². The van der Waals surface area contributed by atoms with Crippen LogP contribution in [-0.2, 0) is 0 Å². The fraction of sp³-hybridized carbons (Fsp3) is 0.941. The fourth-order valence-electron chi connectivity index (χ4n) is 3.09. The number of rotatable bonds is 6. The van der Waals surface area contributed by atoms with Crippen molar-refractivity contribution in [1.29, 1.82) is 0 Å². The minimum absolute atomic E-state index is 0.605. The predicted octanol–water partition coefficient (Wildman–Crippen LogP) is 2.37. The molecule has 0 spiro atoms. The van der Waals surface area contributed by atoms with Crippen LogP contribution in [0.2, 0.25) is 0 Å². The van der Waals surface area contributed by atoms with E-state index < -0.39 is 0 Å². The molecule has 2 aliphatic rings. The molecule has 0 bridgehead atoms. The Hall–Kier alpha value is -0.420. The van der Waals surface area contributed by atoms with Crippen molar-refractivity contribution in [1.82, 2.24) is 15.1 Å². The summed E-state index contributed by atoms with van der Waals surface area (Å²) in [5.74, 6) is 3.94. The molecular formula is C17H34N4S. The summed E-state index contributed by atoms with van der Waals surface area (Å²) in [7, 11) is 4.38. The molecule has 1 N–H and O–H groups in total. The molecule has 0 amide bonds. The number of nitrogens with zero attached hydrogens (tertiary/aromatic N) is 3. The van der Waals surface area contributed by atoms with Crippen molar-refractivity contribution in [3.05, 3.63) is 0 Å². The lowest BCUT2D eigenvalue weighted by atomic mass is 10.1. The van der Waals surface area contributed by atoms with Crippen molar-refractivity contribution in [3.63, 3.8) is 0 Å². The highest BCUT2D eigenvalue weighted by Crippen LogP contribution is 2.34. The van der Waals surface area contributed by atoms with Gasteiger partial charge in [0.1, 0.15) is 0 Å². The number of likely N-dealkylation sites (N-methyl/N-ethyl adjacent to an activating group) is 1. The first-order valence-electron chi connectivity index (χ1n) is 8.84. The highest BCUT2D eigenvalue weighted by Gasteiger charge is 2.32. The van der Waals surface area contributed by atoms with E-state index >= 15 is 0 Å². The maximum Gasteiger partial charge on any atom is 0.194 e. The molecule has 5 heteroatoms. The van der Waals surface area contributed by atoms with E-state index in [9.17, 15) is 0 Å². The standard InChI is InChI=1S/C17H34N4S/c1-6-18-17(19-11-15(20(4)5)14-7-8-14)21-9-10-22-16(12-21)13(2)3/h13-16H,6-12H2,1-5H3,(H,18,19). The monoisotopic (exact) mass is 326 g/mol. The smallest absolute Gasteiger partial charge is 0.194 e. The average molecular weight is 327 g/mol. The molecule has 22 heavy (non-hydrogen) atoms. The first-order chi connectivity index (χ1) is 10.5. The topological polar surface area (TPSA) is 30.9 Å². The van der Waals surface area contributed by atoms with Crippen molar-refractivity contribution < 1.29 is 0 Å². The van der Waals surface area contributed by atoms with Crippen LogP contribution in [0.1, 0.15) is 33.6 Å². The second-order valence-electron chi connectivity index (χ2n) is 7.16. The Morgan fingerprint density at radius 3 is 2.64 bits per heavy atom. The largest absolute Gasteiger partial charge is 0.357 e. The summed E-state index contributed by atoms with van der Waals surface area (Å²) >= 11 is 2.12. The molecule has 2 atom stereocenters. The van der Waals surface area contributed by atoms with E-state index in [1.54, 1.807) is 0 Å². The molecule has 2 rings (SSSR count). The van der Waals surface area contributed by atoms with Gasteiger partial charge in [0.15, 0.2) is 5.96 Å². The summed E-state index contributed by atoms with van der Waals surface area (Å²) in [5, 5.41) is 4.24.